The zero-order chi connectivity index (χ0) is 21.4. The second-order valence-corrected chi connectivity index (χ2v) is 11.0. The fourth-order valence-corrected chi connectivity index (χ4v) is 7.42. The highest BCUT2D eigenvalue weighted by Gasteiger charge is 2.73. The molecule has 0 aromatic rings. The second-order valence-electron chi connectivity index (χ2n) is 9.36. The van der Waals surface area contributed by atoms with E-state index in [0.717, 1.165) is 25.7 Å². The fraction of sp³-hybridized carbons (Fsp3) is 0.857. The van der Waals surface area contributed by atoms with Crippen molar-refractivity contribution >= 4 is 29.5 Å². The number of amides is 2. The molecule has 1 spiro atoms. The van der Waals surface area contributed by atoms with Gasteiger partial charge in [0, 0.05) is 23.9 Å². The van der Waals surface area contributed by atoms with Crippen LogP contribution in [0.2, 0.25) is 0 Å². The average molecular weight is 427 g/mol. The molecule has 2 N–H and O–H groups in total. The normalized spacial score (nSPS) is 33.1. The molecule has 164 valence electrons. The number of carbonyl (C=O) groups excluding carboxylic acids is 3. The summed E-state index contributed by atoms with van der Waals surface area (Å²) in [5.41, 5.74) is -0.404. The number of hydrogen-bond donors (Lipinski definition) is 2. The van der Waals surface area contributed by atoms with E-state index in [0.29, 0.717) is 19.6 Å². The molecule has 3 fully saturated rings. The molecule has 3 rings (SSSR count). The van der Waals surface area contributed by atoms with E-state index in [1.807, 2.05) is 20.8 Å². The Morgan fingerprint density at radius 1 is 1.31 bits per heavy atom. The molecule has 0 aliphatic carbocycles. The van der Waals surface area contributed by atoms with Gasteiger partial charge in [-0.3, -0.25) is 14.4 Å². The highest BCUT2D eigenvalue weighted by molar-refractivity contribution is 8.02. The second kappa shape index (κ2) is 8.46. The molecule has 0 saturated carbocycles. The Hall–Kier alpha value is -1.28. The highest BCUT2D eigenvalue weighted by atomic mass is 32.2. The van der Waals surface area contributed by atoms with Crippen molar-refractivity contribution in [2.75, 3.05) is 19.8 Å². The third-order valence-corrected chi connectivity index (χ3v) is 8.11. The van der Waals surface area contributed by atoms with Crippen molar-refractivity contribution in [3.05, 3.63) is 0 Å². The monoisotopic (exact) mass is 426 g/mol. The number of aliphatic hydroxyl groups excluding tert-OH is 1. The topological polar surface area (TPSA) is 95.9 Å². The van der Waals surface area contributed by atoms with Gasteiger partial charge in [-0.25, -0.2) is 0 Å². The zero-order valence-electron chi connectivity index (χ0n) is 17.9. The van der Waals surface area contributed by atoms with Gasteiger partial charge in [-0.2, -0.15) is 0 Å². The molecule has 29 heavy (non-hydrogen) atoms. The van der Waals surface area contributed by atoms with E-state index in [-0.39, 0.29) is 29.6 Å². The molecule has 2 amide bonds. The summed E-state index contributed by atoms with van der Waals surface area (Å²) >= 11 is 1.66. The lowest BCUT2D eigenvalue weighted by Gasteiger charge is -2.36. The van der Waals surface area contributed by atoms with E-state index < -0.39 is 28.2 Å². The molecule has 3 aliphatic heterocycles. The number of unbranched alkanes of at least 4 members (excludes halogenated alkanes) is 2. The first-order chi connectivity index (χ1) is 13.7. The van der Waals surface area contributed by atoms with Crippen molar-refractivity contribution < 1.29 is 24.2 Å². The number of ether oxygens (including phenoxy) is 1. The largest absolute Gasteiger partial charge is 0.466 e. The van der Waals surface area contributed by atoms with E-state index in [1.54, 1.807) is 23.6 Å². The van der Waals surface area contributed by atoms with Crippen LogP contribution in [0.15, 0.2) is 0 Å². The lowest BCUT2D eigenvalue weighted by Crippen LogP contribution is -2.57. The number of nitrogens with zero attached hydrogens (tertiary/aromatic N) is 1. The molecule has 0 aromatic heterocycles. The Morgan fingerprint density at radius 3 is 2.66 bits per heavy atom. The number of esters is 1. The minimum Gasteiger partial charge on any atom is -0.466 e. The number of fused-ring (bicyclic) bond motifs is 1. The third kappa shape index (κ3) is 4.02. The Morgan fingerprint density at radius 2 is 2.03 bits per heavy atom. The van der Waals surface area contributed by atoms with Crippen LogP contribution in [0.25, 0.3) is 0 Å². The summed E-state index contributed by atoms with van der Waals surface area (Å²) in [6.45, 7) is 8.46. The molecular formula is C21H34N2O5S. The molecular weight excluding hydrogens is 392 g/mol. The first-order valence-electron chi connectivity index (χ1n) is 10.7. The lowest BCUT2D eigenvalue weighted by atomic mass is 9.71. The van der Waals surface area contributed by atoms with Gasteiger partial charge >= 0.3 is 5.97 Å². The predicted molar refractivity (Wildman–Crippen MR) is 111 cm³/mol. The summed E-state index contributed by atoms with van der Waals surface area (Å²) in [7, 11) is 0. The van der Waals surface area contributed by atoms with Crippen LogP contribution in [0.1, 0.15) is 59.8 Å². The summed E-state index contributed by atoms with van der Waals surface area (Å²) in [6.07, 6.45) is 3.80. The Balaban J connectivity index is 1.91. The molecule has 0 aromatic carbocycles. The molecule has 8 heteroatoms. The number of nitrogens with one attached hydrogen (secondary N) is 1. The lowest BCUT2D eigenvalue weighted by molar-refractivity contribution is -0.153. The molecule has 3 aliphatic rings. The molecule has 3 saturated heterocycles. The van der Waals surface area contributed by atoms with E-state index in [1.165, 1.54) is 0 Å². The third-order valence-electron chi connectivity index (χ3n) is 6.16. The summed E-state index contributed by atoms with van der Waals surface area (Å²) in [6, 6.07) is -0.567. The van der Waals surface area contributed by atoms with Crippen LogP contribution in [0.5, 0.6) is 0 Å². The van der Waals surface area contributed by atoms with Gasteiger partial charge < -0.3 is 20.1 Å². The van der Waals surface area contributed by atoms with Gasteiger partial charge in [0.15, 0.2) is 0 Å². The van der Waals surface area contributed by atoms with Crippen molar-refractivity contribution in [3.63, 3.8) is 0 Å². The minimum atomic E-state index is -0.567. The Bertz CT molecular complexity index is 664. The summed E-state index contributed by atoms with van der Waals surface area (Å²) in [5, 5.41) is 12.2. The maximum Gasteiger partial charge on any atom is 0.310 e. The number of hydrogen-bond acceptors (Lipinski definition) is 6. The zero-order valence-corrected chi connectivity index (χ0v) is 18.7. The smallest absolute Gasteiger partial charge is 0.310 e. The summed E-state index contributed by atoms with van der Waals surface area (Å²) in [5.74, 6) is -1.47. The predicted octanol–water partition coefficient (Wildman–Crippen LogP) is 1.72. The van der Waals surface area contributed by atoms with Gasteiger partial charge in [0.05, 0.1) is 23.2 Å². The van der Waals surface area contributed by atoms with Gasteiger partial charge in [0.25, 0.3) is 0 Å². The number of thioether (sulfide) groups is 1. The van der Waals surface area contributed by atoms with Crippen molar-refractivity contribution in [2.24, 2.45) is 11.8 Å². The van der Waals surface area contributed by atoms with Crippen LogP contribution >= 0.6 is 11.8 Å². The molecule has 5 atom stereocenters. The maximum atomic E-state index is 13.5. The Kier molecular flexibility index (Phi) is 6.53. The van der Waals surface area contributed by atoms with Crippen LogP contribution in [-0.2, 0) is 19.1 Å². The molecule has 7 nitrogen and oxygen atoms in total. The van der Waals surface area contributed by atoms with Crippen LogP contribution in [0.3, 0.4) is 0 Å². The summed E-state index contributed by atoms with van der Waals surface area (Å²) in [4.78, 5) is 41.3. The van der Waals surface area contributed by atoms with Crippen molar-refractivity contribution in [1.82, 2.24) is 10.2 Å². The van der Waals surface area contributed by atoms with Crippen molar-refractivity contribution in [2.45, 2.75) is 81.4 Å². The first kappa shape index (κ1) is 22.4. The summed E-state index contributed by atoms with van der Waals surface area (Å²) < 4.78 is 4.75. The van der Waals surface area contributed by atoms with Crippen LogP contribution in [0, 0.1) is 11.8 Å². The van der Waals surface area contributed by atoms with Gasteiger partial charge in [0.1, 0.15) is 6.04 Å². The van der Waals surface area contributed by atoms with E-state index in [9.17, 15) is 14.4 Å². The number of likely N-dealkylation sites (tertiary alicyclic amines) is 1. The SMILES string of the molecule is CCOC(=O)[C@@H]1[C@H]2C(=O)N(CCCCCO)C(C(=O)NC(C)(C)C)C23CC[C@H]1S3. The van der Waals surface area contributed by atoms with Crippen molar-refractivity contribution in [3.8, 4) is 0 Å². The van der Waals surface area contributed by atoms with Crippen molar-refractivity contribution in [1.29, 1.82) is 0 Å². The molecule has 3 heterocycles. The van der Waals surface area contributed by atoms with Crippen LogP contribution in [0.4, 0.5) is 0 Å². The number of rotatable bonds is 8. The first-order valence-corrected chi connectivity index (χ1v) is 11.6. The Labute approximate surface area is 177 Å². The van der Waals surface area contributed by atoms with E-state index in [4.69, 9.17) is 9.84 Å². The van der Waals surface area contributed by atoms with Crippen LogP contribution in [-0.4, -0.2) is 69.1 Å². The van der Waals surface area contributed by atoms with Gasteiger partial charge in [-0.1, -0.05) is 0 Å². The fourth-order valence-electron chi connectivity index (χ4n) is 5.21. The quantitative estimate of drug-likeness (QED) is 0.453. The molecule has 0 radical (unpaired) electrons. The van der Waals surface area contributed by atoms with Gasteiger partial charge in [-0.15, -0.1) is 11.8 Å². The average Bonchev–Trinajstić information content (AvgIpc) is 3.25. The minimum absolute atomic E-state index is 0.0458. The van der Waals surface area contributed by atoms with E-state index in [2.05, 4.69) is 5.32 Å². The van der Waals surface area contributed by atoms with Gasteiger partial charge in [0.2, 0.25) is 11.8 Å². The number of carbonyl (C=O) groups is 3. The molecule has 2 unspecified atom stereocenters. The van der Waals surface area contributed by atoms with Gasteiger partial charge in [-0.05, 0) is 59.8 Å². The molecule has 2 bridgehead atoms. The van der Waals surface area contributed by atoms with E-state index >= 15 is 0 Å². The number of aliphatic hydroxyl groups is 1. The van der Waals surface area contributed by atoms with Crippen LogP contribution < -0.4 is 5.32 Å². The maximum absolute atomic E-state index is 13.5. The highest BCUT2D eigenvalue weighted by Crippen LogP contribution is 2.66. The standard InChI is InChI=1S/C21H34N2O5S/c1-5-28-19(27)14-13-9-10-21(29-13)15(14)18(26)23(11-7-6-8-12-24)16(21)17(25)22-20(2,3)4/h13-16,24H,5-12H2,1-4H3,(H,22,25)/t13-,14+,15+,16?,21?/m1/s1.